The molecular formula is C20H31N3O13S3. The molecule has 39 heavy (non-hydrogen) atoms. The van der Waals surface area contributed by atoms with Crippen molar-refractivity contribution in [1.29, 1.82) is 0 Å². The predicted molar refractivity (Wildman–Crippen MR) is 138 cm³/mol. The van der Waals surface area contributed by atoms with E-state index in [0.29, 0.717) is 12.8 Å². The van der Waals surface area contributed by atoms with Gasteiger partial charge in [0.15, 0.2) is 17.3 Å². The molecule has 3 N–H and O–H groups in total. The molecule has 0 fully saturated rings. The maximum absolute atomic E-state index is 12.8. The lowest BCUT2D eigenvalue weighted by Crippen LogP contribution is -2.13. The average Bonchev–Trinajstić information content (AvgIpc) is 2.80. The predicted octanol–water partition coefficient (Wildman–Crippen LogP) is 2.32. The smallest absolute Gasteiger partial charge is 0.264 e. The van der Waals surface area contributed by atoms with Crippen LogP contribution in [0.15, 0.2) is 17.2 Å². The van der Waals surface area contributed by atoms with E-state index < -0.39 is 47.6 Å². The van der Waals surface area contributed by atoms with E-state index >= 15 is 0 Å². The Morgan fingerprint density at radius 1 is 0.744 bits per heavy atom. The van der Waals surface area contributed by atoms with Crippen molar-refractivity contribution in [1.82, 2.24) is 0 Å². The lowest BCUT2D eigenvalue weighted by atomic mass is 10.0. The Bertz CT molecular complexity index is 1260. The highest BCUT2D eigenvalue weighted by atomic mass is 32.2. The van der Waals surface area contributed by atoms with Crippen LogP contribution in [0.2, 0.25) is 0 Å². The van der Waals surface area contributed by atoms with Crippen LogP contribution in [0.25, 0.3) is 10.4 Å². The second-order valence-corrected chi connectivity index (χ2v) is 12.8. The molecule has 0 saturated heterocycles. The Kier molecular flexibility index (Phi) is 14.5. The number of unbranched alkanes of at least 4 members (excludes halogenated alkanes) is 1. The molecule has 0 heterocycles. The quantitative estimate of drug-likeness (QED) is 0.0447. The van der Waals surface area contributed by atoms with Gasteiger partial charge in [-0.3, -0.25) is 18.5 Å². The van der Waals surface area contributed by atoms with Gasteiger partial charge in [-0.15, -0.1) is 0 Å². The fourth-order valence-corrected chi connectivity index (χ4v) is 4.46. The standard InChI is InChI=1S/C20H31N3O13S3/c21-23-22-7-2-1-6-17(24)16-14-18(34-8-3-11-37(25,26)27)20(36-10-5-13-39(31,32)33)19(15-16)35-9-4-12-38(28,29)30/h14-15H,1-13H2,(H,25,26,27)(H,28,29,30)(H,31,32,33). The number of hydrogen-bond acceptors (Lipinski definition) is 11. The van der Waals surface area contributed by atoms with E-state index in [1.807, 2.05) is 0 Å². The third kappa shape index (κ3) is 16.8. The van der Waals surface area contributed by atoms with Crippen molar-refractivity contribution in [2.45, 2.75) is 38.5 Å². The van der Waals surface area contributed by atoms with Crippen LogP contribution in [0.5, 0.6) is 17.2 Å². The van der Waals surface area contributed by atoms with E-state index in [2.05, 4.69) is 10.0 Å². The molecule has 0 aliphatic carbocycles. The molecule has 0 unspecified atom stereocenters. The first kappa shape index (κ1) is 34.4. The summed E-state index contributed by atoms with van der Waals surface area (Å²) in [4.78, 5) is 15.4. The number of ether oxygens (including phenoxy) is 3. The van der Waals surface area contributed by atoms with Gasteiger partial charge in [0.05, 0.1) is 37.1 Å². The van der Waals surface area contributed by atoms with Crippen molar-refractivity contribution >= 4 is 36.1 Å². The molecule has 19 heteroatoms. The van der Waals surface area contributed by atoms with Gasteiger partial charge in [0, 0.05) is 23.4 Å². The zero-order chi connectivity index (χ0) is 29.5. The lowest BCUT2D eigenvalue weighted by Gasteiger charge is -2.18. The topological polar surface area (TPSA) is 257 Å². The second-order valence-electron chi connectivity index (χ2n) is 8.10. The normalized spacial score (nSPS) is 12.0. The summed E-state index contributed by atoms with van der Waals surface area (Å²) in [6.07, 6.45) is 0.477. The minimum absolute atomic E-state index is 0.0555. The summed E-state index contributed by atoms with van der Waals surface area (Å²) in [6, 6.07) is 2.60. The van der Waals surface area contributed by atoms with Crippen molar-refractivity contribution in [3.63, 3.8) is 0 Å². The molecule has 1 rings (SSSR count). The summed E-state index contributed by atoms with van der Waals surface area (Å²) in [5.74, 6) is -2.47. The number of benzene rings is 1. The number of carbonyl (C=O) groups excluding carboxylic acids is 1. The van der Waals surface area contributed by atoms with Crippen molar-refractivity contribution < 1.29 is 57.9 Å². The molecule has 0 aliphatic rings. The highest BCUT2D eigenvalue weighted by molar-refractivity contribution is 7.86. The maximum Gasteiger partial charge on any atom is 0.264 e. The van der Waals surface area contributed by atoms with Gasteiger partial charge in [0.25, 0.3) is 30.4 Å². The molecule has 0 aromatic heterocycles. The van der Waals surface area contributed by atoms with Crippen molar-refractivity contribution in [3.8, 4) is 17.2 Å². The van der Waals surface area contributed by atoms with Crippen molar-refractivity contribution in [2.24, 2.45) is 5.11 Å². The highest BCUT2D eigenvalue weighted by Crippen LogP contribution is 2.40. The van der Waals surface area contributed by atoms with E-state index in [4.69, 9.17) is 33.4 Å². The number of azide groups is 1. The second kappa shape index (κ2) is 16.4. The first-order valence-electron chi connectivity index (χ1n) is 11.6. The van der Waals surface area contributed by atoms with E-state index in [-0.39, 0.29) is 80.6 Å². The summed E-state index contributed by atoms with van der Waals surface area (Å²) in [5.41, 5.74) is 8.43. The molecule has 0 radical (unpaired) electrons. The molecule has 1 aromatic carbocycles. The molecular weight excluding hydrogens is 586 g/mol. The molecule has 0 amide bonds. The Labute approximate surface area is 226 Å². The molecule has 0 spiro atoms. The van der Waals surface area contributed by atoms with Crippen molar-refractivity contribution in [3.05, 3.63) is 28.1 Å². The Morgan fingerprint density at radius 2 is 1.18 bits per heavy atom. The molecule has 1 aromatic rings. The fourth-order valence-electron chi connectivity index (χ4n) is 3.01. The van der Waals surface area contributed by atoms with E-state index in [0.717, 1.165) is 0 Å². The molecule has 16 nitrogen and oxygen atoms in total. The number of rotatable bonds is 21. The summed E-state index contributed by atoms with van der Waals surface area (Å²) in [6.45, 7) is -0.542. The third-order valence-corrected chi connectivity index (χ3v) is 7.13. The van der Waals surface area contributed by atoms with Crippen LogP contribution in [0.3, 0.4) is 0 Å². The van der Waals surface area contributed by atoms with E-state index in [1.165, 1.54) is 12.1 Å². The van der Waals surface area contributed by atoms with Crippen LogP contribution in [0.4, 0.5) is 0 Å². The Balaban J connectivity index is 3.24. The van der Waals surface area contributed by atoms with Crippen molar-refractivity contribution in [2.75, 3.05) is 43.6 Å². The molecule has 0 aliphatic heterocycles. The fraction of sp³-hybridized carbons (Fsp3) is 0.650. The van der Waals surface area contributed by atoms with Gasteiger partial charge in [0.2, 0.25) is 5.75 Å². The monoisotopic (exact) mass is 617 g/mol. The van der Waals surface area contributed by atoms with Gasteiger partial charge in [-0.1, -0.05) is 5.11 Å². The van der Waals surface area contributed by atoms with Gasteiger partial charge < -0.3 is 14.2 Å². The molecule has 0 atom stereocenters. The van der Waals surface area contributed by atoms with E-state index in [1.54, 1.807) is 0 Å². The van der Waals surface area contributed by atoms with Gasteiger partial charge in [-0.25, -0.2) is 0 Å². The van der Waals surface area contributed by atoms with Crippen LogP contribution in [-0.2, 0) is 30.4 Å². The maximum atomic E-state index is 12.8. The van der Waals surface area contributed by atoms with Gasteiger partial charge in [-0.05, 0) is 49.8 Å². The minimum atomic E-state index is -4.27. The molecule has 0 bridgehead atoms. The summed E-state index contributed by atoms with van der Waals surface area (Å²) < 4.78 is 110. The SMILES string of the molecule is [N-]=[N+]=NCCCCC(=O)c1cc(OCCCS(=O)(=O)O)c(OCCCS(=O)(=O)O)c(OCCCS(=O)(=O)O)c1. The largest absolute Gasteiger partial charge is 0.489 e. The van der Waals surface area contributed by atoms with E-state index in [9.17, 15) is 30.0 Å². The zero-order valence-electron chi connectivity index (χ0n) is 20.8. The van der Waals surface area contributed by atoms with Gasteiger partial charge in [0.1, 0.15) is 0 Å². The molecule has 0 saturated carbocycles. The van der Waals surface area contributed by atoms with Crippen LogP contribution >= 0.6 is 0 Å². The Morgan fingerprint density at radius 3 is 1.59 bits per heavy atom. The summed E-state index contributed by atoms with van der Waals surface area (Å²) in [5, 5.41) is 3.39. The number of ketones is 1. The average molecular weight is 618 g/mol. The summed E-state index contributed by atoms with van der Waals surface area (Å²) in [7, 11) is -12.8. The van der Waals surface area contributed by atoms with Gasteiger partial charge in [-0.2, -0.15) is 25.3 Å². The van der Waals surface area contributed by atoms with Crippen LogP contribution in [-0.4, -0.2) is 88.3 Å². The van der Waals surface area contributed by atoms with Crippen LogP contribution in [0.1, 0.15) is 48.9 Å². The molecule has 222 valence electrons. The van der Waals surface area contributed by atoms with Crippen LogP contribution in [0, 0.1) is 0 Å². The number of hydrogen-bond donors (Lipinski definition) is 3. The lowest BCUT2D eigenvalue weighted by molar-refractivity contribution is 0.0978. The first-order chi connectivity index (χ1) is 18.1. The van der Waals surface area contributed by atoms with Gasteiger partial charge >= 0.3 is 0 Å². The Hall–Kier alpha value is -2.67. The number of carbonyl (C=O) groups is 1. The number of Topliss-reactive ketones (excluding diaryl/α,β-unsaturated/α-hetero) is 1. The van der Waals surface area contributed by atoms with Crippen LogP contribution < -0.4 is 14.2 Å². The third-order valence-electron chi connectivity index (χ3n) is 4.72. The number of nitrogens with zero attached hydrogens (tertiary/aromatic N) is 3. The highest BCUT2D eigenvalue weighted by Gasteiger charge is 2.20. The zero-order valence-corrected chi connectivity index (χ0v) is 23.3. The minimum Gasteiger partial charge on any atom is -0.489 e. The first-order valence-corrected chi connectivity index (χ1v) is 16.4. The summed E-state index contributed by atoms with van der Waals surface area (Å²) >= 11 is 0.